The standard InChI is InChI=1S/C25H19Cl2N3O/c1-16-6-11-22-20(12-16)23-24(30(22)13-17-7-9-19(26)10-8-17)25(31)29(15-28-23)14-18-4-2-3-5-21(18)27/h2-12,15H,13-14H2,1H3. The van der Waals surface area contributed by atoms with Crippen LogP contribution in [0.2, 0.25) is 10.0 Å². The molecule has 0 radical (unpaired) electrons. The maximum Gasteiger partial charge on any atom is 0.278 e. The summed E-state index contributed by atoms with van der Waals surface area (Å²) in [5, 5.41) is 2.29. The molecular formula is C25H19Cl2N3O. The van der Waals surface area contributed by atoms with Crippen molar-refractivity contribution in [1.29, 1.82) is 0 Å². The van der Waals surface area contributed by atoms with E-state index in [1.807, 2.05) is 60.0 Å². The Bertz CT molecular complexity index is 1480. The Kier molecular flexibility index (Phi) is 5.05. The third-order valence-electron chi connectivity index (χ3n) is 5.53. The van der Waals surface area contributed by atoms with Crippen LogP contribution in [0.15, 0.2) is 77.9 Å². The fraction of sp³-hybridized carbons (Fsp3) is 0.120. The van der Waals surface area contributed by atoms with Crippen LogP contribution in [0.5, 0.6) is 0 Å². The van der Waals surface area contributed by atoms with Gasteiger partial charge in [-0.05, 0) is 48.4 Å². The van der Waals surface area contributed by atoms with E-state index in [2.05, 4.69) is 18.2 Å². The fourth-order valence-corrected chi connectivity index (χ4v) is 4.29. The van der Waals surface area contributed by atoms with Gasteiger partial charge < -0.3 is 4.57 Å². The van der Waals surface area contributed by atoms with Crippen molar-refractivity contribution in [2.75, 3.05) is 0 Å². The van der Waals surface area contributed by atoms with E-state index in [0.717, 1.165) is 27.6 Å². The summed E-state index contributed by atoms with van der Waals surface area (Å²) in [6, 6.07) is 21.4. The van der Waals surface area contributed by atoms with Crippen LogP contribution in [0.4, 0.5) is 0 Å². The summed E-state index contributed by atoms with van der Waals surface area (Å²) >= 11 is 12.4. The lowest BCUT2D eigenvalue weighted by Gasteiger charge is -2.10. The zero-order valence-corrected chi connectivity index (χ0v) is 18.4. The van der Waals surface area contributed by atoms with E-state index in [-0.39, 0.29) is 5.56 Å². The molecule has 5 rings (SSSR count). The number of fused-ring (bicyclic) bond motifs is 3. The van der Waals surface area contributed by atoms with Crippen molar-refractivity contribution in [2.24, 2.45) is 0 Å². The predicted molar refractivity (Wildman–Crippen MR) is 127 cm³/mol. The first-order chi connectivity index (χ1) is 15.0. The molecule has 0 aliphatic carbocycles. The molecule has 0 amide bonds. The summed E-state index contributed by atoms with van der Waals surface area (Å²) < 4.78 is 3.67. The van der Waals surface area contributed by atoms with Crippen LogP contribution < -0.4 is 5.56 Å². The summed E-state index contributed by atoms with van der Waals surface area (Å²) in [5.74, 6) is 0. The number of aryl methyl sites for hydroxylation is 1. The quantitative estimate of drug-likeness (QED) is 0.335. The number of aromatic nitrogens is 3. The Labute approximate surface area is 189 Å². The highest BCUT2D eigenvalue weighted by Crippen LogP contribution is 2.28. The lowest BCUT2D eigenvalue weighted by molar-refractivity contribution is 0.738. The van der Waals surface area contributed by atoms with Gasteiger partial charge in [-0.15, -0.1) is 0 Å². The van der Waals surface area contributed by atoms with Gasteiger partial charge in [0.1, 0.15) is 11.0 Å². The Balaban J connectivity index is 1.73. The minimum absolute atomic E-state index is 0.0901. The van der Waals surface area contributed by atoms with Gasteiger partial charge in [0, 0.05) is 22.0 Å². The first kappa shape index (κ1) is 19.9. The third kappa shape index (κ3) is 3.62. The molecule has 0 bridgehead atoms. The summed E-state index contributed by atoms with van der Waals surface area (Å²) in [5.41, 5.74) is 5.26. The zero-order valence-electron chi connectivity index (χ0n) is 16.8. The highest BCUT2D eigenvalue weighted by Gasteiger charge is 2.17. The van der Waals surface area contributed by atoms with Gasteiger partial charge in [0.15, 0.2) is 0 Å². The second-order valence-electron chi connectivity index (χ2n) is 7.70. The van der Waals surface area contributed by atoms with E-state index in [1.54, 1.807) is 10.9 Å². The fourth-order valence-electron chi connectivity index (χ4n) is 3.97. The molecular weight excluding hydrogens is 429 g/mol. The molecule has 0 saturated heterocycles. The monoisotopic (exact) mass is 447 g/mol. The van der Waals surface area contributed by atoms with E-state index in [0.29, 0.717) is 34.2 Å². The van der Waals surface area contributed by atoms with Crippen molar-refractivity contribution >= 4 is 45.1 Å². The van der Waals surface area contributed by atoms with Crippen molar-refractivity contribution in [2.45, 2.75) is 20.0 Å². The van der Waals surface area contributed by atoms with Crippen molar-refractivity contribution in [3.63, 3.8) is 0 Å². The van der Waals surface area contributed by atoms with Crippen molar-refractivity contribution < 1.29 is 0 Å². The SMILES string of the molecule is Cc1ccc2c(c1)c1ncn(Cc3ccccc3Cl)c(=O)c1n2Cc1ccc(Cl)cc1. The largest absolute Gasteiger partial charge is 0.330 e. The van der Waals surface area contributed by atoms with Crippen LogP contribution in [0.3, 0.4) is 0 Å². The van der Waals surface area contributed by atoms with Gasteiger partial charge in [-0.3, -0.25) is 9.36 Å². The van der Waals surface area contributed by atoms with Crippen LogP contribution in [-0.2, 0) is 13.1 Å². The molecule has 0 unspecified atom stereocenters. The highest BCUT2D eigenvalue weighted by atomic mass is 35.5. The van der Waals surface area contributed by atoms with Gasteiger partial charge in [0.05, 0.1) is 18.4 Å². The zero-order chi connectivity index (χ0) is 21.5. The van der Waals surface area contributed by atoms with Crippen LogP contribution >= 0.6 is 23.2 Å². The Hall–Kier alpha value is -3.08. The molecule has 2 aromatic heterocycles. The summed E-state index contributed by atoms with van der Waals surface area (Å²) in [7, 11) is 0. The molecule has 0 saturated carbocycles. The van der Waals surface area contributed by atoms with Gasteiger partial charge in [-0.25, -0.2) is 4.98 Å². The molecule has 0 N–H and O–H groups in total. The molecule has 0 spiro atoms. The number of halogens is 2. The molecule has 3 aromatic carbocycles. The van der Waals surface area contributed by atoms with Crippen molar-refractivity contribution in [3.05, 3.63) is 110 Å². The third-order valence-corrected chi connectivity index (χ3v) is 6.16. The molecule has 2 heterocycles. The normalized spacial score (nSPS) is 11.5. The first-order valence-corrected chi connectivity index (χ1v) is 10.7. The number of hydrogen-bond acceptors (Lipinski definition) is 2. The van der Waals surface area contributed by atoms with E-state index in [4.69, 9.17) is 28.2 Å². The first-order valence-electron chi connectivity index (χ1n) is 9.97. The van der Waals surface area contributed by atoms with Gasteiger partial charge >= 0.3 is 0 Å². The minimum atomic E-state index is -0.0901. The molecule has 154 valence electrons. The molecule has 0 aliphatic rings. The second-order valence-corrected chi connectivity index (χ2v) is 8.54. The Morgan fingerprint density at radius 2 is 1.71 bits per heavy atom. The average Bonchev–Trinajstić information content (AvgIpc) is 3.06. The van der Waals surface area contributed by atoms with Crippen LogP contribution in [0.25, 0.3) is 21.9 Å². The molecule has 0 atom stereocenters. The van der Waals surface area contributed by atoms with Crippen molar-refractivity contribution in [1.82, 2.24) is 14.1 Å². The van der Waals surface area contributed by atoms with Gasteiger partial charge in [0.2, 0.25) is 0 Å². The number of benzene rings is 3. The van der Waals surface area contributed by atoms with E-state index in [1.165, 1.54) is 0 Å². The van der Waals surface area contributed by atoms with Gasteiger partial charge in [-0.1, -0.05) is 65.2 Å². The number of rotatable bonds is 4. The molecule has 31 heavy (non-hydrogen) atoms. The van der Waals surface area contributed by atoms with Gasteiger partial charge in [-0.2, -0.15) is 0 Å². The molecule has 0 aliphatic heterocycles. The van der Waals surface area contributed by atoms with Crippen LogP contribution in [0, 0.1) is 6.92 Å². The predicted octanol–water partition coefficient (Wildman–Crippen LogP) is 6.06. The summed E-state index contributed by atoms with van der Waals surface area (Å²) in [6.07, 6.45) is 1.61. The highest BCUT2D eigenvalue weighted by molar-refractivity contribution is 6.31. The molecule has 0 fully saturated rings. The van der Waals surface area contributed by atoms with Crippen LogP contribution in [0.1, 0.15) is 16.7 Å². The van der Waals surface area contributed by atoms with E-state index < -0.39 is 0 Å². The average molecular weight is 448 g/mol. The Morgan fingerprint density at radius 3 is 2.48 bits per heavy atom. The number of nitrogens with zero attached hydrogens (tertiary/aromatic N) is 3. The van der Waals surface area contributed by atoms with E-state index in [9.17, 15) is 4.79 Å². The summed E-state index contributed by atoms with van der Waals surface area (Å²) in [6.45, 7) is 2.95. The lowest BCUT2D eigenvalue weighted by Crippen LogP contribution is -2.23. The maximum absolute atomic E-state index is 13.6. The molecule has 6 heteroatoms. The van der Waals surface area contributed by atoms with Crippen molar-refractivity contribution in [3.8, 4) is 0 Å². The maximum atomic E-state index is 13.6. The molecule has 4 nitrogen and oxygen atoms in total. The Morgan fingerprint density at radius 1 is 0.935 bits per heavy atom. The minimum Gasteiger partial charge on any atom is -0.330 e. The lowest BCUT2D eigenvalue weighted by atomic mass is 10.1. The van der Waals surface area contributed by atoms with E-state index >= 15 is 0 Å². The summed E-state index contributed by atoms with van der Waals surface area (Å²) in [4.78, 5) is 18.3. The topological polar surface area (TPSA) is 39.8 Å². The smallest absolute Gasteiger partial charge is 0.278 e. The van der Waals surface area contributed by atoms with Gasteiger partial charge in [0.25, 0.3) is 5.56 Å². The molecule has 5 aromatic rings. The number of hydrogen-bond donors (Lipinski definition) is 0. The van der Waals surface area contributed by atoms with Crippen LogP contribution in [-0.4, -0.2) is 14.1 Å². The second kappa shape index (κ2) is 7.88.